The van der Waals surface area contributed by atoms with Crippen molar-refractivity contribution in [3.8, 4) is 0 Å². The van der Waals surface area contributed by atoms with E-state index in [-0.39, 0.29) is 31.9 Å². The van der Waals surface area contributed by atoms with Gasteiger partial charge >= 0.3 is 0 Å². The summed E-state index contributed by atoms with van der Waals surface area (Å²) in [6.07, 6.45) is 10.6. The first-order valence-electron chi connectivity index (χ1n) is 13.8. The van der Waals surface area contributed by atoms with Gasteiger partial charge in [0.05, 0.1) is 0 Å². The number of thioether (sulfide) groups is 1. The van der Waals surface area contributed by atoms with E-state index >= 15 is 0 Å². The number of hydrogen-bond acceptors (Lipinski definition) is 3. The maximum absolute atomic E-state index is 6.53. The van der Waals surface area contributed by atoms with Gasteiger partial charge in [0.1, 0.15) is 0 Å². The number of nitrogens with two attached hydrogens (primary N) is 2. The highest BCUT2D eigenvalue weighted by Gasteiger charge is 2.47. The van der Waals surface area contributed by atoms with E-state index in [1.54, 1.807) is 0 Å². The van der Waals surface area contributed by atoms with Crippen molar-refractivity contribution in [2.75, 3.05) is 12.8 Å². The third kappa shape index (κ3) is 17.7. The van der Waals surface area contributed by atoms with Crippen molar-refractivity contribution in [2.24, 2.45) is 38.5 Å². The van der Waals surface area contributed by atoms with Crippen LogP contribution in [0.2, 0.25) is 0 Å². The molecule has 0 fully saturated rings. The van der Waals surface area contributed by atoms with Gasteiger partial charge in [-0.25, -0.2) is 0 Å². The summed E-state index contributed by atoms with van der Waals surface area (Å²) in [6.45, 7) is 35.9. The molecule has 0 aromatic heterocycles. The van der Waals surface area contributed by atoms with Crippen molar-refractivity contribution in [2.45, 2.75) is 159 Å². The fourth-order valence-electron chi connectivity index (χ4n) is 7.26. The minimum absolute atomic E-state index is 0.126. The van der Waals surface area contributed by atoms with Crippen LogP contribution in [-0.4, -0.2) is 23.1 Å². The quantitative estimate of drug-likeness (QED) is 0.264. The maximum atomic E-state index is 6.53. The average Bonchev–Trinajstić information content (AvgIpc) is 2.48. The Kier molecular flexibility index (Phi) is 14.1. The molecular formula is C31H68N2S. The molecular weight excluding hydrogens is 432 g/mol. The van der Waals surface area contributed by atoms with E-state index in [9.17, 15) is 0 Å². The molecule has 0 spiro atoms. The van der Waals surface area contributed by atoms with Crippen LogP contribution < -0.4 is 11.5 Å². The molecule has 3 heteroatoms. The normalized spacial score (nSPS) is 16.1. The predicted octanol–water partition coefficient (Wildman–Crippen LogP) is 9.69. The zero-order valence-corrected chi connectivity index (χ0v) is 27.5. The van der Waals surface area contributed by atoms with Crippen molar-refractivity contribution in [3.63, 3.8) is 0 Å². The van der Waals surface area contributed by atoms with Gasteiger partial charge in [0.25, 0.3) is 0 Å². The Balaban J connectivity index is 0. The fraction of sp³-hybridized carbons (Fsp3) is 1.00. The molecule has 2 nitrogen and oxygen atoms in total. The van der Waals surface area contributed by atoms with Crippen LogP contribution >= 0.6 is 11.8 Å². The summed E-state index contributed by atoms with van der Waals surface area (Å²) in [7, 11) is 0. The van der Waals surface area contributed by atoms with E-state index in [1.165, 1.54) is 38.5 Å². The standard InChI is InChI=1S/C28H60N2S.C3H8/c1-22(2,3)15-23(4,5)17-28(19-25(8,9)21-29,20-27(12,13)31-14)18-24(6,7)16-26(10,11)30;1-3-2/h15-21,29-30H2,1-14H3;3H2,1-2H3. The van der Waals surface area contributed by atoms with E-state index < -0.39 is 0 Å². The SMILES string of the molecule is CCC.CSC(C)(C)CC(CC(C)(C)CN)(CC(C)(C)CC(C)(C)C)CC(C)(C)CC(C)(C)N. The summed E-state index contributed by atoms with van der Waals surface area (Å²) >= 11 is 2.01. The van der Waals surface area contributed by atoms with Crippen LogP contribution in [0.3, 0.4) is 0 Å². The van der Waals surface area contributed by atoms with Gasteiger partial charge in [-0.1, -0.05) is 96.4 Å². The molecule has 0 aromatic carbocycles. The van der Waals surface area contributed by atoms with Crippen molar-refractivity contribution >= 4 is 11.8 Å². The lowest BCUT2D eigenvalue weighted by Crippen LogP contribution is -2.45. The van der Waals surface area contributed by atoms with Crippen LogP contribution in [0.15, 0.2) is 0 Å². The maximum Gasteiger partial charge on any atom is 0.0106 e. The Hall–Kier alpha value is 0.270. The largest absolute Gasteiger partial charge is 0.330 e. The summed E-state index contributed by atoms with van der Waals surface area (Å²) < 4.78 is 0.233. The van der Waals surface area contributed by atoms with Gasteiger partial charge in [-0.05, 0) is 92.2 Å². The highest BCUT2D eigenvalue weighted by atomic mass is 32.2. The minimum atomic E-state index is -0.158. The van der Waals surface area contributed by atoms with Crippen molar-refractivity contribution in [3.05, 3.63) is 0 Å². The lowest BCUT2D eigenvalue weighted by atomic mass is 9.55. The first kappa shape index (κ1) is 36.4. The van der Waals surface area contributed by atoms with Crippen LogP contribution in [0, 0.1) is 27.1 Å². The molecule has 0 aliphatic carbocycles. The van der Waals surface area contributed by atoms with Crippen LogP contribution in [0.25, 0.3) is 0 Å². The zero-order chi connectivity index (χ0) is 27.9. The second-order valence-electron chi connectivity index (χ2n) is 16.5. The highest BCUT2D eigenvalue weighted by Crippen LogP contribution is 2.56. The Labute approximate surface area is 221 Å². The summed E-state index contributed by atoms with van der Waals surface area (Å²) in [6, 6.07) is 0. The molecule has 34 heavy (non-hydrogen) atoms. The van der Waals surface area contributed by atoms with Crippen LogP contribution in [0.4, 0.5) is 0 Å². The first-order valence-corrected chi connectivity index (χ1v) is 15.0. The molecule has 0 aliphatic heterocycles. The molecule has 1 atom stereocenters. The van der Waals surface area contributed by atoms with E-state index in [2.05, 4.69) is 110 Å². The summed E-state index contributed by atoms with van der Waals surface area (Å²) in [5.74, 6) is 0. The van der Waals surface area contributed by atoms with Gasteiger partial charge in [0, 0.05) is 10.3 Å². The molecule has 0 rings (SSSR count). The van der Waals surface area contributed by atoms with Gasteiger partial charge in [0.15, 0.2) is 0 Å². The molecule has 1 unspecified atom stereocenters. The van der Waals surface area contributed by atoms with Gasteiger partial charge in [-0.15, -0.1) is 0 Å². The highest BCUT2D eigenvalue weighted by molar-refractivity contribution is 7.99. The molecule has 0 amide bonds. The topological polar surface area (TPSA) is 52.0 Å². The molecule has 0 saturated heterocycles. The van der Waals surface area contributed by atoms with Crippen molar-refractivity contribution in [1.82, 2.24) is 0 Å². The second-order valence-corrected chi connectivity index (χ2v) is 18.0. The lowest BCUT2D eigenvalue weighted by Gasteiger charge is -2.52. The smallest absolute Gasteiger partial charge is 0.0106 e. The molecule has 0 saturated carbocycles. The molecule has 0 heterocycles. The van der Waals surface area contributed by atoms with Gasteiger partial charge < -0.3 is 11.5 Å². The lowest BCUT2D eigenvalue weighted by molar-refractivity contribution is 0.0118. The fourth-order valence-corrected chi connectivity index (χ4v) is 7.71. The Morgan fingerprint density at radius 1 is 0.559 bits per heavy atom. The molecule has 208 valence electrons. The Morgan fingerprint density at radius 3 is 1.21 bits per heavy atom. The second kappa shape index (κ2) is 13.2. The third-order valence-electron chi connectivity index (χ3n) is 6.41. The molecule has 4 N–H and O–H groups in total. The zero-order valence-electron chi connectivity index (χ0n) is 26.7. The average molecular weight is 501 g/mol. The summed E-state index contributed by atoms with van der Waals surface area (Å²) in [5.41, 5.74) is 13.8. The van der Waals surface area contributed by atoms with Gasteiger partial charge in [-0.3, -0.25) is 0 Å². The van der Waals surface area contributed by atoms with E-state index in [0.29, 0.717) is 5.41 Å². The number of rotatable bonds is 13. The molecule has 0 bridgehead atoms. The summed E-state index contributed by atoms with van der Waals surface area (Å²) in [5, 5.41) is 0. The van der Waals surface area contributed by atoms with Gasteiger partial charge in [0.2, 0.25) is 0 Å². The van der Waals surface area contributed by atoms with E-state index in [4.69, 9.17) is 11.5 Å². The first-order chi connectivity index (χ1) is 14.8. The van der Waals surface area contributed by atoms with Crippen molar-refractivity contribution < 1.29 is 0 Å². The molecule has 0 radical (unpaired) electrons. The number of hydrogen-bond donors (Lipinski definition) is 2. The Bertz CT molecular complexity index is 509. The molecule has 0 aliphatic rings. The van der Waals surface area contributed by atoms with E-state index in [1.807, 2.05) is 11.8 Å². The Morgan fingerprint density at radius 2 is 0.912 bits per heavy atom. The van der Waals surface area contributed by atoms with Crippen LogP contribution in [0.5, 0.6) is 0 Å². The molecule has 0 aromatic rings. The summed E-state index contributed by atoms with van der Waals surface area (Å²) in [4.78, 5) is 0. The predicted molar refractivity (Wildman–Crippen MR) is 162 cm³/mol. The van der Waals surface area contributed by atoms with Crippen LogP contribution in [-0.2, 0) is 0 Å². The van der Waals surface area contributed by atoms with Crippen molar-refractivity contribution in [1.29, 1.82) is 0 Å². The van der Waals surface area contributed by atoms with Gasteiger partial charge in [-0.2, -0.15) is 11.8 Å². The van der Waals surface area contributed by atoms with Crippen LogP contribution in [0.1, 0.15) is 149 Å². The monoisotopic (exact) mass is 501 g/mol. The third-order valence-corrected chi connectivity index (χ3v) is 7.66. The van der Waals surface area contributed by atoms with E-state index in [0.717, 1.165) is 13.0 Å². The minimum Gasteiger partial charge on any atom is -0.330 e.